The van der Waals surface area contributed by atoms with Crippen molar-refractivity contribution in [1.29, 1.82) is 0 Å². The molecule has 1 aromatic rings. The fourth-order valence-electron chi connectivity index (χ4n) is 2.39. The van der Waals surface area contributed by atoms with Crippen molar-refractivity contribution < 1.29 is 23.8 Å². The molecule has 0 N–H and O–H groups in total. The molecule has 0 unspecified atom stereocenters. The topological polar surface area (TPSA) is 61.8 Å². The molecule has 5 nitrogen and oxygen atoms in total. The van der Waals surface area contributed by atoms with Crippen molar-refractivity contribution in [2.75, 3.05) is 6.61 Å². The van der Waals surface area contributed by atoms with Gasteiger partial charge in [-0.3, -0.25) is 9.59 Å². The lowest BCUT2D eigenvalue weighted by atomic mass is 10.1. The summed E-state index contributed by atoms with van der Waals surface area (Å²) in [5.41, 5.74) is 1.24. The molecule has 0 saturated heterocycles. The van der Waals surface area contributed by atoms with Crippen molar-refractivity contribution in [3.05, 3.63) is 48.0 Å². The first-order chi connectivity index (χ1) is 12.0. The summed E-state index contributed by atoms with van der Waals surface area (Å²) in [5, 5.41) is 0. The molecule has 0 bridgehead atoms. The summed E-state index contributed by atoms with van der Waals surface area (Å²) in [5.74, 6) is 5.32. The van der Waals surface area contributed by atoms with Gasteiger partial charge < -0.3 is 14.2 Å². The third-order valence-electron chi connectivity index (χ3n) is 3.54. The standard InChI is InChI=1S/C20H22O5/c1-15(21)23-14-20-19(24-16(2)22)13-12-18(25-20)11-7-6-10-17-8-4-3-5-9-17/h3-5,8-9,12-13,18-20H,6,10,14H2,1-2H3/t18-,19+,20-/m1/s1. The predicted octanol–water partition coefficient (Wildman–Crippen LogP) is 2.44. The Morgan fingerprint density at radius 2 is 1.88 bits per heavy atom. The minimum absolute atomic E-state index is 0.0137. The maximum atomic E-state index is 11.2. The maximum Gasteiger partial charge on any atom is 0.303 e. The van der Waals surface area contributed by atoms with Gasteiger partial charge in [0.15, 0.2) is 0 Å². The second-order valence-electron chi connectivity index (χ2n) is 5.66. The first-order valence-electron chi connectivity index (χ1n) is 8.21. The van der Waals surface area contributed by atoms with E-state index in [2.05, 4.69) is 24.0 Å². The zero-order valence-corrected chi connectivity index (χ0v) is 14.4. The van der Waals surface area contributed by atoms with E-state index in [4.69, 9.17) is 14.2 Å². The average molecular weight is 342 g/mol. The third-order valence-corrected chi connectivity index (χ3v) is 3.54. The summed E-state index contributed by atoms with van der Waals surface area (Å²) in [7, 11) is 0. The van der Waals surface area contributed by atoms with Crippen LogP contribution < -0.4 is 0 Å². The number of rotatable bonds is 5. The van der Waals surface area contributed by atoms with Crippen LogP contribution in [0.2, 0.25) is 0 Å². The Morgan fingerprint density at radius 1 is 1.12 bits per heavy atom. The van der Waals surface area contributed by atoms with Crippen LogP contribution in [0.15, 0.2) is 42.5 Å². The van der Waals surface area contributed by atoms with Crippen molar-refractivity contribution in [3.8, 4) is 11.8 Å². The highest BCUT2D eigenvalue weighted by molar-refractivity contribution is 5.66. The molecule has 0 aromatic heterocycles. The summed E-state index contributed by atoms with van der Waals surface area (Å²) in [6.07, 6.45) is 3.52. The molecule has 0 saturated carbocycles. The summed E-state index contributed by atoms with van der Waals surface area (Å²) in [6.45, 7) is 2.66. The van der Waals surface area contributed by atoms with Gasteiger partial charge >= 0.3 is 11.9 Å². The number of benzene rings is 1. The number of aryl methyl sites for hydroxylation is 1. The molecule has 1 aromatic carbocycles. The minimum atomic E-state index is -0.584. The van der Waals surface area contributed by atoms with Crippen molar-refractivity contribution in [2.45, 2.75) is 45.0 Å². The second kappa shape index (κ2) is 9.65. The van der Waals surface area contributed by atoms with E-state index in [-0.39, 0.29) is 6.61 Å². The van der Waals surface area contributed by atoms with E-state index in [0.717, 1.165) is 12.8 Å². The van der Waals surface area contributed by atoms with E-state index in [9.17, 15) is 9.59 Å². The molecule has 0 radical (unpaired) electrons. The second-order valence-corrected chi connectivity index (χ2v) is 5.66. The van der Waals surface area contributed by atoms with E-state index >= 15 is 0 Å². The molecule has 3 atom stereocenters. The largest absolute Gasteiger partial charge is 0.463 e. The van der Waals surface area contributed by atoms with Crippen molar-refractivity contribution in [3.63, 3.8) is 0 Å². The van der Waals surface area contributed by atoms with Crippen molar-refractivity contribution >= 4 is 11.9 Å². The molecule has 0 spiro atoms. The van der Waals surface area contributed by atoms with E-state index < -0.39 is 30.3 Å². The lowest BCUT2D eigenvalue weighted by Gasteiger charge is -2.29. The molecular weight excluding hydrogens is 320 g/mol. The Labute approximate surface area is 148 Å². The summed E-state index contributed by atoms with van der Waals surface area (Å²) < 4.78 is 16.0. The van der Waals surface area contributed by atoms with Crippen LogP contribution in [0, 0.1) is 11.8 Å². The van der Waals surface area contributed by atoms with E-state index in [1.165, 1.54) is 19.4 Å². The molecule has 1 heterocycles. The molecular formula is C20H22O5. The minimum Gasteiger partial charge on any atom is -0.463 e. The Balaban J connectivity index is 1.91. The van der Waals surface area contributed by atoms with Gasteiger partial charge in [0.05, 0.1) is 0 Å². The third kappa shape index (κ3) is 6.82. The molecule has 1 aliphatic heterocycles. The highest BCUT2D eigenvalue weighted by atomic mass is 16.6. The van der Waals surface area contributed by atoms with Crippen LogP contribution in [0.5, 0.6) is 0 Å². The number of carbonyl (C=O) groups is 2. The first-order valence-corrected chi connectivity index (χ1v) is 8.21. The lowest BCUT2D eigenvalue weighted by Crippen LogP contribution is -2.41. The van der Waals surface area contributed by atoms with Gasteiger partial charge in [0.25, 0.3) is 0 Å². The van der Waals surface area contributed by atoms with Crippen LogP contribution in [0.3, 0.4) is 0 Å². The van der Waals surface area contributed by atoms with Gasteiger partial charge in [0, 0.05) is 20.3 Å². The Bertz CT molecular complexity index is 668. The Kier molecular flexibility index (Phi) is 7.24. The van der Waals surface area contributed by atoms with Gasteiger partial charge in [-0.2, -0.15) is 0 Å². The molecule has 0 aliphatic carbocycles. The van der Waals surface area contributed by atoms with Gasteiger partial charge in [-0.25, -0.2) is 0 Å². The van der Waals surface area contributed by atoms with Crippen molar-refractivity contribution in [1.82, 2.24) is 0 Å². The summed E-state index contributed by atoms with van der Waals surface area (Å²) >= 11 is 0. The summed E-state index contributed by atoms with van der Waals surface area (Å²) in [6, 6.07) is 10.1. The van der Waals surface area contributed by atoms with Crippen LogP contribution in [0.25, 0.3) is 0 Å². The summed E-state index contributed by atoms with van der Waals surface area (Å²) in [4.78, 5) is 22.2. The maximum absolute atomic E-state index is 11.2. The molecule has 25 heavy (non-hydrogen) atoms. The van der Waals surface area contributed by atoms with Gasteiger partial charge in [-0.1, -0.05) is 42.2 Å². The van der Waals surface area contributed by atoms with Crippen LogP contribution in [-0.4, -0.2) is 36.9 Å². The molecule has 1 aliphatic rings. The Morgan fingerprint density at radius 3 is 2.56 bits per heavy atom. The highest BCUT2D eigenvalue weighted by Gasteiger charge is 2.29. The fourth-order valence-corrected chi connectivity index (χ4v) is 2.39. The van der Waals surface area contributed by atoms with Gasteiger partial charge in [-0.15, -0.1) is 0 Å². The molecule has 132 valence electrons. The van der Waals surface area contributed by atoms with Crippen LogP contribution >= 0.6 is 0 Å². The molecule has 0 amide bonds. The molecule has 2 rings (SSSR count). The smallest absolute Gasteiger partial charge is 0.303 e. The number of carbonyl (C=O) groups excluding carboxylic acids is 2. The van der Waals surface area contributed by atoms with Crippen LogP contribution in [-0.2, 0) is 30.2 Å². The fraction of sp³-hybridized carbons (Fsp3) is 0.400. The van der Waals surface area contributed by atoms with Crippen LogP contribution in [0.1, 0.15) is 25.8 Å². The monoisotopic (exact) mass is 342 g/mol. The first kappa shape index (κ1) is 18.8. The molecule has 5 heteroatoms. The lowest BCUT2D eigenvalue weighted by molar-refractivity contribution is -0.161. The van der Waals surface area contributed by atoms with E-state index in [1.807, 2.05) is 18.2 Å². The quantitative estimate of drug-likeness (QED) is 0.467. The van der Waals surface area contributed by atoms with Crippen molar-refractivity contribution in [2.24, 2.45) is 0 Å². The Hall–Kier alpha value is -2.58. The zero-order valence-electron chi connectivity index (χ0n) is 14.4. The zero-order chi connectivity index (χ0) is 18.1. The van der Waals surface area contributed by atoms with Crippen LogP contribution in [0.4, 0.5) is 0 Å². The number of hydrogen-bond donors (Lipinski definition) is 0. The number of esters is 2. The van der Waals surface area contributed by atoms with E-state index in [1.54, 1.807) is 12.2 Å². The van der Waals surface area contributed by atoms with E-state index in [0.29, 0.717) is 0 Å². The van der Waals surface area contributed by atoms with Gasteiger partial charge in [0.2, 0.25) is 0 Å². The average Bonchev–Trinajstić information content (AvgIpc) is 2.59. The van der Waals surface area contributed by atoms with Gasteiger partial charge in [0.1, 0.15) is 24.9 Å². The predicted molar refractivity (Wildman–Crippen MR) is 92.5 cm³/mol. The number of ether oxygens (including phenoxy) is 3. The SMILES string of the molecule is CC(=O)OC[C@H]1O[C@H](C#CCCc2ccccc2)C=C[C@@H]1OC(C)=O. The number of hydrogen-bond acceptors (Lipinski definition) is 5. The van der Waals surface area contributed by atoms with Gasteiger partial charge in [-0.05, 0) is 24.1 Å². The highest BCUT2D eigenvalue weighted by Crippen LogP contribution is 2.17. The molecule has 0 fully saturated rings. The normalized spacial score (nSPS) is 21.8.